The molecule has 1 saturated carbocycles. The van der Waals surface area contributed by atoms with Crippen LogP contribution in [-0.2, 0) is 4.79 Å². The van der Waals surface area contributed by atoms with E-state index in [1.165, 1.54) is 18.8 Å². The normalized spacial score (nSPS) is 28.5. The van der Waals surface area contributed by atoms with E-state index in [1.807, 2.05) is 0 Å². The van der Waals surface area contributed by atoms with Gasteiger partial charge < -0.3 is 16.8 Å². The van der Waals surface area contributed by atoms with E-state index in [0.717, 1.165) is 25.8 Å². The van der Waals surface area contributed by atoms with Crippen molar-refractivity contribution < 1.29 is 4.79 Å². The molecule has 1 aliphatic carbocycles. The molecule has 1 saturated heterocycles. The van der Waals surface area contributed by atoms with Gasteiger partial charge in [0.05, 0.1) is 17.8 Å². The Labute approximate surface area is 188 Å². The van der Waals surface area contributed by atoms with Crippen LogP contribution < -0.4 is 16.8 Å². The summed E-state index contributed by atoms with van der Waals surface area (Å²) in [4.78, 5) is 23.4. The summed E-state index contributed by atoms with van der Waals surface area (Å²) >= 11 is 5.91. The van der Waals surface area contributed by atoms with Crippen molar-refractivity contribution >= 4 is 34.7 Å². The largest absolute Gasteiger partial charge is 0.387 e. The second-order valence-corrected chi connectivity index (χ2v) is 10.1. The zero-order valence-corrected chi connectivity index (χ0v) is 18.9. The number of likely N-dealkylation sites (tertiary alicyclic amines) is 1. The summed E-state index contributed by atoms with van der Waals surface area (Å²) in [6.07, 6.45) is 4.87. The third-order valence-corrected chi connectivity index (χ3v) is 6.68. The molecule has 0 bridgehead atoms. The highest BCUT2D eigenvalue weighted by molar-refractivity contribution is 6.30. The Bertz CT molecular complexity index is 928. The van der Waals surface area contributed by atoms with E-state index in [9.17, 15) is 4.79 Å². The SMILES string of the molecule is CC1(C)CN([C@H]2CC[C@H](N/C=C(/C(N)=O)C(N)=Nc3ccc(Cl)cc3)[C@@H](C3=NC3)C2)C1. The zero-order valence-electron chi connectivity index (χ0n) is 18.1. The summed E-state index contributed by atoms with van der Waals surface area (Å²) < 4.78 is 0. The molecule has 3 aliphatic rings. The number of rotatable bonds is 7. The Morgan fingerprint density at radius 1 is 1.26 bits per heavy atom. The number of benzene rings is 1. The van der Waals surface area contributed by atoms with Crippen molar-refractivity contribution in [2.24, 2.45) is 32.8 Å². The highest BCUT2D eigenvalue weighted by Gasteiger charge is 2.43. The van der Waals surface area contributed by atoms with Crippen molar-refractivity contribution in [3.8, 4) is 0 Å². The number of carbonyl (C=O) groups excluding carboxylic acids is 1. The minimum absolute atomic E-state index is 0.0825. The Balaban J connectivity index is 1.44. The highest BCUT2D eigenvalue weighted by Crippen LogP contribution is 2.38. The first-order chi connectivity index (χ1) is 14.7. The standard InChI is InChI=1S/C23H31ClN6O/c1-23(2)12-30(13-23)16-7-8-19(17(9-16)20-11-28-20)27-10-18(22(26)31)21(25)29-15-5-3-14(24)4-6-15/h3-6,10,16-17,19,27H,7-9,11-13H2,1-2H3,(H2,25,29)(H2,26,31)/b18-10+/t16-,17-,19-/m0/s1. The van der Waals surface area contributed by atoms with E-state index in [-0.39, 0.29) is 17.5 Å². The van der Waals surface area contributed by atoms with Crippen LogP contribution in [0.25, 0.3) is 0 Å². The molecule has 0 spiro atoms. The molecule has 0 aromatic heterocycles. The van der Waals surface area contributed by atoms with E-state index in [2.05, 4.69) is 34.0 Å². The Morgan fingerprint density at radius 2 is 1.94 bits per heavy atom. The molecule has 1 aromatic carbocycles. The van der Waals surface area contributed by atoms with Crippen LogP contribution in [-0.4, -0.2) is 54.1 Å². The van der Waals surface area contributed by atoms with Crippen molar-refractivity contribution in [3.05, 3.63) is 41.1 Å². The number of amidine groups is 1. The minimum Gasteiger partial charge on any atom is -0.387 e. The van der Waals surface area contributed by atoms with Gasteiger partial charge in [-0.1, -0.05) is 25.4 Å². The number of hydrogen-bond donors (Lipinski definition) is 3. The van der Waals surface area contributed by atoms with Crippen LogP contribution in [0.1, 0.15) is 33.1 Å². The van der Waals surface area contributed by atoms with Crippen molar-refractivity contribution in [1.29, 1.82) is 0 Å². The summed E-state index contributed by atoms with van der Waals surface area (Å²) in [6.45, 7) is 7.83. The number of nitrogens with two attached hydrogens (primary N) is 2. The van der Waals surface area contributed by atoms with Crippen LogP contribution in [0.3, 0.4) is 0 Å². The molecule has 1 aromatic rings. The van der Waals surface area contributed by atoms with Gasteiger partial charge in [0.15, 0.2) is 0 Å². The van der Waals surface area contributed by atoms with E-state index in [1.54, 1.807) is 30.5 Å². The summed E-state index contributed by atoms with van der Waals surface area (Å²) in [5.74, 6) is -0.152. The first-order valence-electron chi connectivity index (χ1n) is 10.9. The molecule has 2 aliphatic heterocycles. The molecule has 166 valence electrons. The molecular weight excluding hydrogens is 412 g/mol. The van der Waals surface area contributed by atoms with Crippen LogP contribution >= 0.6 is 11.6 Å². The molecule has 5 N–H and O–H groups in total. The number of amides is 1. The minimum atomic E-state index is -0.612. The topological polar surface area (TPSA) is 109 Å². The summed E-state index contributed by atoms with van der Waals surface area (Å²) in [5, 5.41) is 4.03. The van der Waals surface area contributed by atoms with Gasteiger partial charge in [-0.3, -0.25) is 14.7 Å². The van der Waals surface area contributed by atoms with Crippen LogP contribution in [0.4, 0.5) is 5.69 Å². The van der Waals surface area contributed by atoms with Gasteiger partial charge in [0.25, 0.3) is 5.91 Å². The van der Waals surface area contributed by atoms with Crippen LogP contribution in [0.2, 0.25) is 5.02 Å². The van der Waals surface area contributed by atoms with E-state index < -0.39 is 5.91 Å². The quantitative estimate of drug-likeness (QED) is 0.342. The van der Waals surface area contributed by atoms with E-state index in [4.69, 9.17) is 23.1 Å². The zero-order chi connectivity index (χ0) is 22.2. The first-order valence-corrected chi connectivity index (χ1v) is 11.2. The van der Waals surface area contributed by atoms with Gasteiger partial charge >= 0.3 is 0 Å². The van der Waals surface area contributed by atoms with E-state index in [0.29, 0.717) is 28.1 Å². The lowest BCUT2D eigenvalue weighted by molar-refractivity contribution is -0.114. The van der Waals surface area contributed by atoms with Crippen LogP contribution in [0.15, 0.2) is 46.0 Å². The number of carbonyl (C=O) groups is 1. The molecule has 3 atom stereocenters. The summed E-state index contributed by atoms with van der Waals surface area (Å²) in [7, 11) is 0. The maximum absolute atomic E-state index is 12.0. The predicted octanol–water partition coefficient (Wildman–Crippen LogP) is 2.62. The van der Waals surface area contributed by atoms with Gasteiger partial charge in [0.2, 0.25) is 0 Å². The molecule has 1 amide bonds. The Kier molecular flexibility index (Phi) is 6.08. The first kappa shape index (κ1) is 21.8. The molecule has 2 fully saturated rings. The van der Waals surface area contributed by atoms with Crippen LogP contribution in [0.5, 0.6) is 0 Å². The number of primary amides is 1. The summed E-state index contributed by atoms with van der Waals surface area (Å²) in [6, 6.07) is 7.73. The van der Waals surface area contributed by atoms with Crippen molar-refractivity contribution in [2.75, 3.05) is 19.6 Å². The van der Waals surface area contributed by atoms with Gasteiger partial charge in [-0.15, -0.1) is 0 Å². The van der Waals surface area contributed by atoms with Gasteiger partial charge in [0.1, 0.15) is 5.84 Å². The molecule has 0 radical (unpaired) electrons. The fourth-order valence-electron chi connectivity index (χ4n) is 4.82. The lowest BCUT2D eigenvalue weighted by atomic mass is 9.75. The fourth-order valence-corrected chi connectivity index (χ4v) is 4.94. The molecule has 0 unspecified atom stereocenters. The average molecular weight is 443 g/mol. The monoisotopic (exact) mass is 442 g/mol. The smallest absolute Gasteiger partial charge is 0.253 e. The van der Waals surface area contributed by atoms with Gasteiger partial charge in [-0.25, -0.2) is 4.99 Å². The maximum Gasteiger partial charge on any atom is 0.253 e. The molecule has 2 heterocycles. The number of hydrogen-bond acceptors (Lipinski definition) is 5. The maximum atomic E-state index is 12.0. The van der Waals surface area contributed by atoms with Crippen LogP contribution in [0, 0.1) is 11.3 Å². The molecular formula is C23H31ClN6O. The Morgan fingerprint density at radius 3 is 2.52 bits per heavy atom. The van der Waals surface area contributed by atoms with Crippen molar-refractivity contribution in [1.82, 2.24) is 10.2 Å². The third-order valence-electron chi connectivity index (χ3n) is 6.43. The number of aliphatic imine (C=N–C) groups is 2. The van der Waals surface area contributed by atoms with E-state index >= 15 is 0 Å². The van der Waals surface area contributed by atoms with Gasteiger partial charge in [0, 0.05) is 48.0 Å². The predicted molar refractivity (Wildman–Crippen MR) is 126 cm³/mol. The Hall–Kier alpha value is -2.38. The van der Waals surface area contributed by atoms with Crippen molar-refractivity contribution in [3.63, 3.8) is 0 Å². The lowest BCUT2D eigenvalue weighted by Crippen LogP contribution is -2.59. The molecule has 7 nitrogen and oxygen atoms in total. The summed E-state index contributed by atoms with van der Waals surface area (Å²) in [5.41, 5.74) is 14.2. The molecule has 8 heteroatoms. The number of nitrogens with zero attached hydrogens (tertiary/aromatic N) is 3. The fraction of sp³-hybridized carbons (Fsp3) is 0.522. The number of halogens is 1. The third kappa shape index (κ3) is 5.28. The van der Waals surface area contributed by atoms with Gasteiger partial charge in [-0.05, 0) is 48.9 Å². The van der Waals surface area contributed by atoms with Crippen molar-refractivity contribution in [2.45, 2.75) is 45.2 Å². The second kappa shape index (κ2) is 8.63. The van der Waals surface area contributed by atoms with Gasteiger partial charge in [-0.2, -0.15) is 0 Å². The molecule has 31 heavy (non-hydrogen) atoms. The molecule has 4 rings (SSSR count). The number of nitrogens with one attached hydrogen (secondary N) is 1. The second-order valence-electron chi connectivity index (χ2n) is 9.62. The highest BCUT2D eigenvalue weighted by atomic mass is 35.5. The lowest BCUT2D eigenvalue weighted by Gasteiger charge is -2.52. The average Bonchev–Trinajstić information content (AvgIpc) is 3.53.